The van der Waals surface area contributed by atoms with Crippen LogP contribution in [0.25, 0.3) is 22.5 Å². The molecular weight excluding hydrogens is 320 g/mol. The number of anilines is 1. The molecule has 134 valence electrons. The lowest BCUT2D eigenvalue weighted by Gasteiger charge is -2.40. The minimum Gasteiger partial charge on any atom is -0.362 e. The molecule has 1 aliphatic rings. The third-order valence-corrected chi connectivity index (χ3v) is 5.04. The van der Waals surface area contributed by atoms with Crippen LogP contribution in [0.4, 0.5) is 5.69 Å². The van der Waals surface area contributed by atoms with E-state index in [1.165, 1.54) is 22.4 Å². The van der Waals surface area contributed by atoms with Gasteiger partial charge in [-0.3, -0.25) is 0 Å². The van der Waals surface area contributed by atoms with E-state index >= 15 is 0 Å². The van der Waals surface area contributed by atoms with Crippen LogP contribution in [-0.2, 0) is 6.54 Å². The molecular formula is C22H26N4. The molecule has 26 heavy (non-hydrogen) atoms. The quantitative estimate of drug-likeness (QED) is 0.598. The third-order valence-electron chi connectivity index (χ3n) is 5.04. The first-order chi connectivity index (χ1) is 12.4. The zero-order valence-electron chi connectivity index (χ0n) is 16.2. The van der Waals surface area contributed by atoms with Crippen molar-refractivity contribution >= 4 is 5.69 Å². The highest BCUT2D eigenvalue weighted by atomic mass is 15.4. The van der Waals surface area contributed by atoms with Crippen molar-refractivity contribution in [2.75, 3.05) is 4.90 Å². The first kappa shape index (κ1) is 16.8. The molecule has 4 heteroatoms. The number of benzene rings is 2. The fraction of sp³-hybridized carbons (Fsp3) is 0.364. The van der Waals surface area contributed by atoms with Gasteiger partial charge in [-0.15, -0.1) is 5.10 Å². The molecule has 2 heterocycles. The van der Waals surface area contributed by atoms with Gasteiger partial charge in [0.25, 0.3) is 0 Å². The molecule has 1 aliphatic heterocycles. The summed E-state index contributed by atoms with van der Waals surface area (Å²) in [4.78, 5) is 2.49. The summed E-state index contributed by atoms with van der Waals surface area (Å²) in [7, 11) is 0. The molecule has 0 N–H and O–H groups in total. The van der Waals surface area contributed by atoms with Gasteiger partial charge in [0.2, 0.25) is 0 Å². The zero-order valence-corrected chi connectivity index (χ0v) is 16.2. The second-order valence-corrected chi connectivity index (χ2v) is 8.26. The lowest BCUT2D eigenvalue weighted by atomic mass is 9.92. The van der Waals surface area contributed by atoms with Crippen molar-refractivity contribution in [3.63, 3.8) is 0 Å². The number of fused-ring (bicyclic) bond motifs is 5. The van der Waals surface area contributed by atoms with Crippen LogP contribution in [0, 0.1) is 0 Å². The molecule has 3 aromatic rings. The molecule has 0 saturated heterocycles. The summed E-state index contributed by atoms with van der Waals surface area (Å²) in [6.45, 7) is 12.0. The van der Waals surface area contributed by atoms with E-state index in [1.54, 1.807) is 0 Å². The number of nitrogens with zero attached hydrogens (tertiary/aromatic N) is 4. The van der Waals surface area contributed by atoms with Crippen LogP contribution in [0.2, 0.25) is 0 Å². The van der Waals surface area contributed by atoms with Crippen molar-refractivity contribution < 1.29 is 0 Å². The van der Waals surface area contributed by atoms with Crippen molar-refractivity contribution in [2.45, 2.75) is 52.7 Å². The molecule has 0 atom stereocenters. The van der Waals surface area contributed by atoms with Gasteiger partial charge in [0.05, 0.1) is 5.69 Å². The van der Waals surface area contributed by atoms with E-state index < -0.39 is 0 Å². The van der Waals surface area contributed by atoms with Crippen molar-refractivity contribution in [2.24, 2.45) is 0 Å². The fourth-order valence-corrected chi connectivity index (χ4v) is 3.74. The van der Waals surface area contributed by atoms with E-state index in [2.05, 4.69) is 103 Å². The Bertz CT molecular complexity index is 947. The average molecular weight is 346 g/mol. The molecule has 0 aliphatic carbocycles. The number of para-hydroxylation sites is 1. The summed E-state index contributed by atoms with van der Waals surface area (Å²) < 4.78 is 2.05. The molecule has 2 aromatic carbocycles. The zero-order chi connectivity index (χ0) is 18.5. The molecule has 0 radical (unpaired) electrons. The number of rotatable bonds is 1. The van der Waals surface area contributed by atoms with Crippen molar-refractivity contribution in [3.8, 4) is 22.5 Å². The predicted octanol–water partition coefficient (Wildman–Crippen LogP) is 5.31. The molecule has 0 amide bonds. The van der Waals surface area contributed by atoms with Crippen LogP contribution in [0.15, 0.2) is 48.5 Å². The minimum atomic E-state index is -0.00315. The van der Waals surface area contributed by atoms with E-state index in [1.807, 2.05) is 0 Å². The van der Waals surface area contributed by atoms with Crippen LogP contribution >= 0.6 is 0 Å². The van der Waals surface area contributed by atoms with Gasteiger partial charge in [-0.1, -0.05) is 47.7 Å². The van der Waals surface area contributed by atoms with Gasteiger partial charge >= 0.3 is 0 Å². The Balaban J connectivity index is 2.11. The second kappa shape index (κ2) is 5.97. The highest BCUT2D eigenvalue weighted by Crippen LogP contribution is 2.43. The van der Waals surface area contributed by atoms with Crippen molar-refractivity contribution in [1.29, 1.82) is 0 Å². The first-order valence-corrected chi connectivity index (χ1v) is 9.28. The lowest BCUT2D eigenvalue weighted by Crippen LogP contribution is -2.41. The monoisotopic (exact) mass is 346 g/mol. The molecule has 0 bridgehead atoms. The maximum atomic E-state index is 4.60. The number of hydrogen-bond acceptors (Lipinski definition) is 3. The van der Waals surface area contributed by atoms with Crippen LogP contribution in [0.5, 0.6) is 0 Å². The third kappa shape index (κ3) is 2.61. The van der Waals surface area contributed by atoms with Crippen LogP contribution in [-0.4, -0.2) is 20.5 Å². The standard InChI is InChI=1S/C22H26N4/c1-15(2)26-21-18-12-8-9-13-19(18)25(22(3,4)5)14-16-10-6-7-11-17(16)20(21)23-24-26/h6-13,15H,14H2,1-5H3. The van der Waals surface area contributed by atoms with Gasteiger partial charge in [-0.05, 0) is 46.2 Å². The number of hydrogen-bond donors (Lipinski definition) is 0. The summed E-state index contributed by atoms with van der Waals surface area (Å²) >= 11 is 0. The van der Waals surface area contributed by atoms with Crippen LogP contribution in [0.3, 0.4) is 0 Å². The van der Waals surface area contributed by atoms with Crippen LogP contribution < -0.4 is 4.90 Å². The largest absolute Gasteiger partial charge is 0.362 e. The van der Waals surface area contributed by atoms with E-state index in [4.69, 9.17) is 0 Å². The van der Waals surface area contributed by atoms with Crippen molar-refractivity contribution in [3.05, 3.63) is 54.1 Å². The second-order valence-electron chi connectivity index (χ2n) is 8.26. The molecule has 0 fully saturated rings. The van der Waals surface area contributed by atoms with Gasteiger partial charge in [-0.25, -0.2) is 4.68 Å². The molecule has 4 rings (SSSR count). The van der Waals surface area contributed by atoms with Gasteiger partial charge in [0.1, 0.15) is 5.69 Å². The topological polar surface area (TPSA) is 34.0 Å². The summed E-state index contributed by atoms with van der Waals surface area (Å²) in [6, 6.07) is 17.5. The summed E-state index contributed by atoms with van der Waals surface area (Å²) in [6.07, 6.45) is 0. The Morgan fingerprint density at radius 2 is 1.58 bits per heavy atom. The maximum absolute atomic E-state index is 4.60. The van der Waals surface area contributed by atoms with Gasteiger partial charge < -0.3 is 4.90 Å². The summed E-state index contributed by atoms with van der Waals surface area (Å²) in [5, 5.41) is 9.12. The molecule has 0 saturated carbocycles. The fourth-order valence-electron chi connectivity index (χ4n) is 3.74. The molecule has 4 nitrogen and oxygen atoms in total. The predicted molar refractivity (Wildman–Crippen MR) is 107 cm³/mol. The van der Waals surface area contributed by atoms with E-state index in [0.29, 0.717) is 0 Å². The SMILES string of the molecule is CC(C)n1nnc2c1-c1ccccc1N(C(C)(C)C)Cc1ccccc1-2. The van der Waals surface area contributed by atoms with E-state index in [0.717, 1.165) is 17.9 Å². The van der Waals surface area contributed by atoms with Gasteiger partial charge in [-0.2, -0.15) is 0 Å². The van der Waals surface area contributed by atoms with Crippen molar-refractivity contribution in [1.82, 2.24) is 15.0 Å². The Kier molecular flexibility index (Phi) is 3.87. The molecule has 1 aromatic heterocycles. The normalized spacial score (nSPS) is 13.7. The summed E-state index contributed by atoms with van der Waals surface area (Å²) in [5.74, 6) is 0. The summed E-state index contributed by atoms with van der Waals surface area (Å²) in [5.41, 5.74) is 6.99. The maximum Gasteiger partial charge on any atom is 0.121 e. The molecule has 0 spiro atoms. The highest BCUT2D eigenvalue weighted by Gasteiger charge is 2.31. The average Bonchev–Trinajstić information content (AvgIpc) is 3.02. The smallest absolute Gasteiger partial charge is 0.121 e. The van der Waals surface area contributed by atoms with Crippen LogP contribution in [0.1, 0.15) is 46.2 Å². The first-order valence-electron chi connectivity index (χ1n) is 9.28. The number of aromatic nitrogens is 3. The van der Waals surface area contributed by atoms with E-state index in [-0.39, 0.29) is 11.6 Å². The Morgan fingerprint density at radius 1 is 0.923 bits per heavy atom. The Labute approximate surface area is 155 Å². The minimum absolute atomic E-state index is 0.00315. The van der Waals surface area contributed by atoms with E-state index in [9.17, 15) is 0 Å². The van der Waals surface area contributed by atoms with Gasteiger partial charge in [0, 0.05) is 34.9 Å². The Morgan fingerprint density at radius 3 is 2.27 bits per heavy atom. The lowest BCUT2D eigenvalue weighted by molar-refractivity contribution is 0.500. The highest BCUT2D eigenvalue weighted by molar-refractivity contribution is 5.88. The molecule has 0 unspecified atom stereocenters. The Hall–Kier alpha value is -2.62. The van der Waals surface area contributed by atoms with Gasteiger partial charge in [0.15, 0.2) is 0 Å².